The van der Waals surface area contributed by atoms with Crippen molar-refractivity contribution in [2.24, 2.45) is 0 Å². The maximum atomic E-state index is 12.3. The number of amides is 1. The number of piperazine rings is 1. The topological polar surface area (TPSA) is 32.3 Å². The van der Waals surface area contributed by atoms with Gasteiger partial charge in [0.2, 0.25) is 5.91 Å². The van der Waals surface area contributed by atoms with Crippen LogP contribution < -0.4 is 5.32 Å². The smallest absolute Gasteiger partial charge is 0.223 e. The summed E-state index contributed by atoms with van der Waals surface area (Å²) < 4.78 is 0. The third-order valence-corrected chi connectivity index (χ3v) is 3.79. The van der Waals surface area contributed by atoms with E-state index in [1.807, 2.05) is 4.90 Å². The Morgan fingerprint density at radius 2 is 2.21 bits per heavy atom. The molecule has 1 aliphatic rings. The van der Waals surface area contributed by atoms with Gasteiger partial charge in [-0.25, -0.2) is 0 Å². The highest BCUT2D eigenvalue weighted by Crippen LogP contribution is 2.12. The molecule has 1 aromatic carbocycles. The normalized spacial score (nSPS) is 23.4. The number of hydrogen-bond donors (Lipinski definition) is 1. The minimum absolute atomic E-state index is 0.280. The third-order valence-electron chi connectivity index (χ3n) is 3.79. The average Bonchev–Trinajstić information content (AvgIpc) is 2.39. The van der Waals surface area contributed by atoms with E-state index >= 15 is 0 Å². The molecule has 0 saturated carbocycles. The number of carbonyl (C=O) groups excluding carboxylic acids is 1. The van der Waals surface area contributed by atoms with Gasteiger partial charge in [-0.05, 0) is 32.8 Å². The van der Waals surface area contributed by atoms with Gasteiger partial charge in [-0.2, -0.15) is 0 Å². The van der Waals surface area contributed by atoms with E-state index in [-0.39, 0.29) is 5.91 Å². The van der Waals surface area contributed by atoms with Crippen LogP contribution in [0.5, 0.6) is 0 Å². The zero-order valence-electron chi connectivity index (χ0n) is 12.1. The van der Waals surface area contributed by atoms with Crippen LogP contribution in [0.3, 0.4) is 0 Å². The van der Waals surface area contributed by atoms with Crippen LogP contribution in [0.4, 0.5) is 0 Å². The van der Waals surface area contributed by atoms with Crippen LogP contribution in [0, 0.1) is 6.92 Å². The second kappa shape index (κ2) is 6.20. The van der Waals surface area contributed by atoms with Gasteiger partial charge in [0.1, 0.15) is 0 Å². The Morgan fingerprint density at radius 3 is 2.95 bits per heavy atom. The molecule has 0 radical (unpaired) electrons. The summed E-state index contributed by atoms with van der Waals surface area (Å²) in [6, 6.07) is 9.12. The summed E-state index contributed by atoms with van der Waals surface area (Å²) in [4.78, 5) is 14.3. The maximum Gasteiger partial charge on any atom is 0.223 e. The summed E-state index contributed by atoms with van der Waals surface area (Å²) in [5.41, 5.74) is 2.51. The molecule has 0 aromatic heterocycles. The highest BCUT2D eigenvalue weighted by molar-refractivity contribution is 5.77. The minimum Gasteiger partial charge on any atom is -0.337 e. The van der Waals surface area contributed by atoms with Crippen molar-refractivity contribution in [3.8, 4) is 0 Å². The van der Waals surface area contributed by atoms with Crippen molar-refractivity contribution in [1.29, 1.82) is 0 Å². The Labute approximate surface area is 116 Å². The first kappa shape index (κ1) is 14.1. The van der Waals surface area contributed by atoms with E-state index in [9.17, 15) is 4.79 Å². The molecule has 0 aliphatic carbocycles. The molecule has 1 heterocycles. The van der Waals surface area contributed by atoms with Gasteiger partial charge < -0.3 is 10.2 Å². The lowest BCUT2D eigenvalue weighted by atomic mass is 10.1. The van der Waals surface area contributed by atoms with Gasteiger partial charge in [0.15, 0.2) is 0 Å². The van der Waals surface area contributed by atoms with Crippen LogP contribution in [0.15, 0.2) is 24.3 Å². The van der Waals surface area contributed by atoms with Gasteiger partial charge in [-0.15, -0.1) is 0 Å². The fourth-order valence-electron chi connectivity index (χ4n) is 2.63. The van der Waals surface area contributed by atoms with Crippen molar-refractivity contribution in [2.75, 3.05) is 13.1 Å². The molecule has 1 saturated heterocycles. The zero-order chi connectivity index (χ0) is 13.8. The molecular weight excluding hydrogens is 236 g/mol. The van der Waals surface area contributed by atoms with Crippen molar-refractivity contribution in [3.63, 3.8) is 0 Å². The maximum absolute atomic E-state index is 12.3. The molecule has 3 nitrogen and oxygen atoms in total. The molecule has 1 aliphatic heterocycles. The first-order valence-electron chi connectivity index (χ1n) is 7.14. The van der Waals surface area contributed by atoms with Gasteiger partial charge in [-0.1, -0.05) is 29.8 Å². The van der Waals surface area contributed by atoms with Crippen molar-refractivity contribution in [3.05, 3.63) is 35.4 Å². The molecular formula is C16H24N2O. The van der Waals surface area contributed by atoms with Gasteiger partial charge in [0, 0.05) is 31.6 Å². The summed E-state index contributed by atoms with van der Waals surface area (Å²) in [5.74, 6) is 0.280. The molecule has 104 valence electrons. The standard InChI is InChI=1S/C16H24N2O/c1-12-5-4-6-15(9-12)7-8-16(19)18-11-13(2)17-10-14(18)3/h4-6,9,13-14,17H,7-8,10-11H2,1-3H3. The predicted octanol–water partition coefficient (Wildman–Crippen LogP) is 2.14. The molecule has 1 amide bonds. The van der Waals surface area contributed by atoms with Crippen molar-refractivity contribution in [1.82, 2.24) is 10.2 Å². The third kappa shape index (κ3) is 3.80. The summed E-state index contributed by atoms with van der Waals surface area (Å²) in [6.07, 6.45) is 1.45. The average molecular weight is 260 g/mol. The number of nitrogens with one attached hydrogen (secondary N) is 1. The number of hydrogen-bond acceptors (Lipinski definition) is 2. The number of rotatable bonds is 3. The first-order chi connectivity index (χ1) is 9.06. The zero-order valence-corrected chi connectivity index (χ0v) is 12.1. The predicted molar refractivity (Wildman–Crippen MR) is 78.1 cm³/mol. The van der Waals surface area contributed by atoms with Gasteiger partial charge >= 0.3 is 0 Å². The van der Waals surface area contributed by atoms with E-state index < -0.39 is 0 Å². The van der Waals surface area contributed by atoms with Crippen LogP contribution in [-0.2, 0) is 11.2 Å². The second-order valence-electron chi connectivity index (χ2n) is 5.69. The van der Waals surface area contributed by atoms with Gasteiger partial charge in [-0.3, -0.25) is 4.79 Å². The Bertz CT molecular complexity index is 444. The van der Waals surface area contributed by atoms with Crippen LogP contribution in [0.1, 0.15) is 31.4 Å². The van der Waals surface area contributed by atoms with Crippen LogP contribution in [0.25, 0.3) is 0 Å². The van der Waals surface area contributed by atoms with Crippen LogP contribution in [0.2, 0.25) is 0 Å². The summed E-state index contributed by atoms with van der Waals surface area (Å²) in [7, 11) is 0. The Kier molecular flexibility index (Phi) is 4.59. The molecule has 1 fully saturated rings. The van der Waals surface area contributed by atoms with E-state index in [0.29, 0.717) is 18.5 Å². The lowest BCUT2D eigenvalue weighted by Gasteiger charge is -2.37. The Morgan fingerprint density at radius 1 is 1.42 bits per heavy atom. The quantitative estimate of drug-likeness (QED) is 0.903. The summed E-state index contributed by atoms with van der Waals surface area (Å²) >= 11 is 0. The molecule has 19 heavy (non-hydrogen) atoms. The summed E-state index contributed by atoms with van der Waals surface area (Å²) in [6.45, 7) is 8.06. The molecule has 1 N–H and O–H groups in total. The summed E-state index contributed by atoms with van der Waals surface area (Å²) in [5, 5.41) is 3.40. The fourth-order valence-corrected chi connectivity index (χ4v) is 2.63. The SMILES string of the molecule is Cc1cccc(CCC(=O)N2CC(C)NCC2C)c1. The van der Waals surface area contributed by atoms with E-state index in [1.165, 1.54) is 11.1 Å². The number of aryl methyl sites for hydroxylation is 2. The lowest BCUT2D eigenvalue weighted by molar-refractivity contribution is -0.134. The molecule has 0 spiro atoms. The number of nitrogens with zero attached hydrogens (tertiary/aromatic N) is 1. The van der Waals surface area contributed by atoms with E-state index in [4.69, 9.17) is 0 Å². The monoisotopic (exact) mass is 260 g/mol. The molecule has 0 bridgehead atoms. The first-order valence-corrected chi connectivity index (χ1v) is 7.14. The van der Waals surface area contributed by atoms with Crippen LogP contribution >= 0.6 is 0 Å². The van der Waals surface area contributed by atoms with Crippen molar-refractivity contribution in [2.45, 2.75) is 45.7 Å². The minimum atomic E-state index is 0.280. The lowest BCUT2D eigenvalue weighted by Crippen LogP contribution is -2.56. The molecule has 3 heteroatoms. The van der Waals surface area contributed by atoms with Gasteiger partial charge in [0.05, 0.1) is 0 Å². The van der Waals surface area contributed by atoms with Gasteiger partial charge in [0.25, 0.3) is 0 Å². The molecule has 2 rings (SSSR count). The van der Waals surface area contributed by atoms with Crippen molar-refractivity contribution >= 4 is 5.91 Å². The fraction of sp³-hybridized carbons (Fsp3) is 0.562. The molecule has 2 atom stereocenters. The highest BCUT2D eigenvalue weighted by Gasteiger charge is 2.25. The Balaban J connectivity index is 1.90. The number of benzene rings is 1. The van der Waals surface area contributed by atoms with E-state index in [1.54, 1.807) is 0 Å². The van der Waals surface area contributed by atoms with E-state index in [0.717, 1.165) is 19.5 Å². The highest BCUT2D eigenvalue weighted by atomic mass is 16.2. The Hall–Kier alpha value is -1.35. The molecule has 1 aromatic rings. The van der Waals surface area contributed by atoms with E-state index in [2.05, 4.69) is 50.4 Å². The van der Waals surface area contributed by atoms with Crippen LogP contribution in [-0.4, -0.2) is 36.0 Å². The second-order valence-corrected chi connectivity index (χ2v) is 5.69. The molecule has 2 unspecified atom stereocenters. The largest absolute Gasteiger partial charge is 0.337 e. The van der Waals surface area contributed by atoms with Crippen molar-refractivity contribution < 1.29 is 4.79 Å². The number of carbonyl (C=O) groups is 1.